The van der Waals surface area contributed by atoms with Crippen molar-refractivity contribution in [1.29, 1.82) is 0 Å². The lowest BCUT2D eigenvalue weighted by Crippen LogP contribution is -2.34. The number of aromatic nitrogens is 1. The maximum absolute atomic E-state index is 12.4. The van der Waals surface area contributed by atoms with E-state index in [4.69, 9.17) is 17.0 Å². The van der Waals surface area contributed by atoms with E-state index in [1.54, 1.807) is 12.3 Å². The summed E-state index contributed by atoms with van der Waals surface area (Å²) in [5.41, 5.74) is 3.15. The van der Waals surface area contributed by atoms with E-state index in [0.717, 1.165) is 16.9 Å². The fraction of sp³-hybridized carbons (Fsp3) is 0.174. The number of ether oxygens (including phenoxy) is 1. The molecule has 0 spiro atoms. The monoisotopic (exact) mass is 420 g/mol. The van der Waals surface area contributed by atoms with Gasteiger partial charge in [0.05, 0.1) is 11.3 Å². The van der Waals surface area contributed by atoms with Crippen LogP contribution in [0.2, 0.25) is 0 Å². The SMILES string of the molecule is CN(C)Cc1ccc(C(=O)NC(=S)Nc2cccc(OCc3ccccc3)c2)cn1. The zero-order valence-electron chi connectivity index (χ0n) is 17.0. The Hall–Kier alpha value is -3.29. The molecular weight excluding hydrogens is 396 g/mol. The van der Waals surface area contributed by atoms with E-state index in [-0.39, 0.29) is 11.0 Å². The normalized spacial score (nSPS) is 10.5. The molecule has 0 atom stereocenters. The Morgan fingerprint density at radius 2 is 1.87 bits per heavy atom. The minimum absolute atomic E-state index is 0.206. The molecule has 7 heteroatoms. The Labute approximate surface area is 181 Å². The molecule has 3 rings (SSSR count). The minimum atomic E-state index is -0.312. The van der Waals surface area contributed by atoms with E-state index in [1.807, 2.05) is 79.7 Å². The molecule has 30 heavy (non-hydrogen) atoms. The summed E-state index contributed by atoms with van der Waals surface area (Å²) in [6, 6.07) is 20.9. The summed E-state index contributed by atoms with van der Waals surface area (Å²) in [6.07, 6.45) is 1.55. The molecule has 1 amide bonds. The first-order valence-corrected chi connectivity index (χ1v) is 9.89. The van der Waals surface area contributed by atoms with E-state index >= 15 is 0 Å². The molecule has 0 saturated heterocycles. The van der Waals surface area contributed by atoms with Crippen LogP contribution in [-0.2, 0) is 13.2 Å². The third kappa shape index (κ3) is 6.65. The van der Waals surface area contributed by atoms with Crippen molar-refractivity contribution in [3.63, 3.8) is 0 Å². The summed E-state index contributed by atoms with van der Waals surface area (Å²) in [4.78, 5) is 18.7. The first-order valence-electron chi connectivity index (χ1n) is 9.48. The number of hydrogen-bond donors (Lipinski definition) is 2. The Balaban J connectivity index is 1.53. The van der Waals surface area contributed by atoms with Crippen LogP contribution in [-0.4, -0.2) is 35.0 Å². The van der Waals surface area contributed by atoms with Gasteiger partial charge in [-0.05, 0) is 56.1 Å². The summed E-state index contributed by atoms with van der Waals surface area (Å²) < 4.78 is 5.82. The Morgan fingerprint density at radius 1 is 1.07 bits per heavy atom. The highest BCUT2D eigenvalue weighted by Crippen LogP contribution is 2.18. The minimum Gasteiger partial charge on any atom is -0.489 e. The molecule has 6 nitrogen and oxygen atoms in total. The fourth-order valence-electron chi connectivity index (χ4n) is 2.72. The summed E-state index contributed by atoms with van der Waals surface area (Å²) in [6.45, 7) is 1.19. The van der Waals surface area contributed by atoms with Crippen molar-refractivity contribution in [2.75, 3.05) is 19.4 Å². The predicted octanol–water partition coefficient (Wildman–Crippen LogP) is 3.85. The number of carbonyl (C=O) groups is 1. The maximum atomic E-state index is 12.4. The molecule has 1 aromatic heterocycles. The van der Waals surface area contributed by atoms with Crippen molar-refractivity contribution in [2.45, 2.75) is 13.2 Å². The molecule has 3 aromatic rings. The highest BCUT2D eigenvalue weighted by molar-refractivity contribution is 7.80. The van der Waals surface area contributed by atoms with Crippen LogP contribution in [0.3, 0.4) is 0 Å². The average molecular weight is 421 g/mol. The summed E-state index contributed by atoms with van der Waals surface area (Å²) in [5, 5.41) is 5.89. The molecule has 0 aliphatic carbocycles. The van der Waals surface area contributed by atoms with Gasteiger partial charge in [-0.25, -0.2) is 0 Å². The lowest BCUT2D eigenvalue weighted by Gasteiger charge is -2.12. The predicted molar refractivity (Wildman–Crippen MR) is 123 cm³/mol. The number of rotatable bonds is 7. The summed E-state index contributed by atoms with van der Waals surface area (Å²) in [7, 11) is 3.93. The van der Waals surface area contributed by atoms with Crippen molar-refractivity contribution >= 4 is 28.9 Å². The van der Waals surface area contributed by atoms with Crippen molar-refractivity contribution in [3.05, 3.63) is 89.7 Å². The van der Waals surface area contributed by atoms with Crippen LogP contribution < -0.4 is 15.4 Å². The van der Waals surface area contributed by atoms with Gasteiger partial charge < -0.3 is 15.0 Å². The number of benzene rings is 2. The van der Waals surface area contributed by atoms with Gasteiger partial charge in [0.15, 0.2) is 5.11 Å². The van der Waals surface area contributed by atoms with Crippen LogP contribution in [0.1, 0.15) is 21.6 Å². The molecule has 2 N–H and O–H groups in total. The van der Waals surface area contributed by atoms with Crippen LogP contribution in [0.15, 0.2) is 72.9 Å². The summed E-state index contributed by atoms with van der Waals surface area (Å²) in [5.74, 6) is 0.395. The molecule has 0 aliphatic rings. The van der Waals surface area contributed by atoms with Crippen molar-refractivity contribution < 1.29 is 9.53 Å². The van der Waals surface area contributed by atoms with Crippen LogP contribution in [0, 0.1) is 0 Å². The molecule has 154 valence electrons. The van der Waals surface area contributed by atoms with Gasteiger partial charge in [-0.1, -0.05) is 36.4 Å². The van der Waals surface area contributed by atoms with Gasteiger partial charge in [0, 0.05) is 24.5 Å². The fourth-order valence-corrected chi connectivity index (χ4v) is 2.93. The van der Waals surface area contributed by atoms with E-state index in [2.05, 4.69) is 15.6 Å². The maximum Gasteiger partial charge on any atom is 0.258 e. The molecule has 0 bridgehead atoms. The lowest BCUT2D eigenvalue weighted by atomic mass is 10.2. The molecule has 0 fully saturated rings. The average Bonchev–Trinajstić information content (AvgIpc) is 2.73. The van der Waals surface area contributed by atoms with Crippen molar-refractivity contribution in [3.8, 4) is 5.75 Å². The molecule has 2 aromatic carbocycles. The topological polar surface area (TPSA) is 66.5 Å². The van der Waals surface area contributed by atoms with Gasteiger partial charge in [0.2, 0.25) is 0 Å². The number of amides is 1. The number of thiocarbonyl (C=S) groups is 1. The highest BCUT2D eigenvalue weighted by atomic mass is 32.1. The first kappa shape index (κ1) is 21.4. The number of nitrogens with one attached hydrogen (secondary N) is 2. The van der Waals surface area contributed by atoms with Crippen LogP contribution in [0.4, 0.5) is 5.69 Å². The summed E-state index contributed by atoms with van der Waals surface area (Å²) >= 11 is 5.27. The van der Waals surface area contributed by atoms with Gasteiger partial charge in [-0.2, -0.15) is 0 Å². The molecule has 0 unspecified atom stereocenters. The number of carbonyl (C=O) groups excluding carboxylic acids is 1. The van der Waals surface area contributed by atoms with Crippen LogP contribution in [0.5, 0.6) is 5.75 Å². The number of nitrogens with zero attached hydrogens (tertiary/aromatic N) is 2. The van der Waals surface area contributed by atoms with Gasteiger partial charge in [-0.15, -0.1) is 0 Å². The third-order valence-corrected chi connectivity index (χ3v) is 4.34. The Morgan fingerprint density at radius 3 is 2.57 bits per heavy atom. The van der Waals surface area contributed by atoms with Crippen molar-refractivity contribution in [1.82, 2.24) is 15.2 Å². The second-order valence-corrected chi connectivity index (χ2v) is 7.39. The Bertz CT molecular complexity index is 992. The van der Waals surface area contributed by atoms with Gasteiger partial charge >= 0.3 is 0 Å². The van der Waals surface area contributed by atoms with Gasteiger partial charge in [0.25, 0.3) is 5.91 Å². The Kier molecular flexibility index (Phi) is 7.48. The second kappa shape index (κ2) is 10.5. The number of hydrogen-bond acceptors (Lipinski definition) is 5. The molecule has 0 radical (unpaired) electrons. The zero-order chi connectivity index (χ0) is 21.3. The lowest BCUT2D eigenvalue weighted by molar-refractivity contribution is 0.0977. The van der Waals surface area contributed by atoms with Crippen LogP contribution >= 0.6 is 12.2 Å². The zero-order valence-corrected chi connectivity index (χ0v) is 17.8. The number of pyridine rings is 1. The molecule has 0 saturated carbocycles. The smallest absolute Gasteiger partial charge is 0.258 e. The number of anilines is 1. The highest BCUT2D eigenvalue weighted by Gasteiger charge is 2.09. The van der Waals surface area contributed by atoms with Gasteiger partial charge in [0.1, 0.15) is 12.4 Å². The van der Waals surface area contributed by atoms with E-state index in [0.29, 0.717) is 24.5 Å². The third-order valence-electron chi connectivity index (χ3n) is 4.13. The molecule has 1 heterocycles. The van der Waals surface area contributed by atoms with Crippen LogP contribution in [0.25, 0.3) is 0 Å². The molecule has 0 aliphatic heterocycles. The largest absolute Gasteiger partial charge is 0.489 e. The van der Waals surface area contributed by atoms with Gasteiger partial charge in [-0.3, -0.25) is 15.1 Å². The quantitative estimate of drug-likeness (QED) is 0.566. The first-order chi connectivity index (χ1) is 14.5. The van der Waals surface area contributed by atoms with E-state index in [9.17, 15) is 4.79 Å². The van der Waals surface area contributed by atoms with E-state index < -0.39 is 0 Å². The standard InChI is InChI=1S/C23H24N4O2S/c1-27(2)15-20-12-11-18(14-24-20)22(28)26-23(30)25-19-9-6-10-21(13-19)29-16-17-7-4-3-5-8-17/h3-14H,15-16H2,1-2H3,(H2,25,26,28,30). The molecular formula is C23H24N4O2S. The van der Waals surface area contributed by atoms with E-state index in [1.165, 1.54) is 0 Å². The second-order valence-electron chi connectivity index (χ2n) is 6.99. The van der Waals surface area contributed by atoms with Crippen molar-refractivity contribution in [2.24, 2.45) is 0 Å².